The van der Waals surface area contributed by atoms with Crippen molar-refractivity contribution in [1.82, 2.24) is 4.31 Å². The normalized spacial score (nSPS) is 15.2. The summed E-state index contributed by atoms with van der Waals surface area (Å²) in [5, 5.41) is 2.06. The van der Waals surface area contributed by atoms with Crippen molar-refractivity contribution in [3.63, 3.8) is 0 Å². The Morgan fingerprint density at radius 1 is 0.935 bits per heavy atom. The first-order valence-corrected chi connectivity index (χ1v) is 10.2. The number of rotatable bonds is 5. The smallest absolute Gasteiger partial charge is 0.246 e. The first-order valence-electron chi connectivity index (χ1n) is 8.71. The molecule has 13 heteroatoms. The van der Waals surface area contributed by atoms with E-state index in [0.717, 1.165) is 22.5 Å². The van der Waals surface area contributed by atoms with Gasteiger partial charge in [-0.2, -0.15) is 4.31 Å². The summed E-state index contributed by atoms with van der Waals surface area (Å²) in [6, 6.07) is 2.52. The first-order chi connectivity index (χ1) is 14.5. The second-order valence-corrected chi connectivity index (χ2v) is 8.34. The number of ether oxygens (including phenoxy) is 1. The Hall–Kier alpha value is -2.64. The fourth-order valence-electron chi connectivity index (χ4n) is 2.88. The Morgan fingerprint density at radius 2 is 1.48 bits per heavy atom. The van der Waals surface area contributed by atoms with E-state index >= 15 is 0 Å². The van der Waals surface area contributed by atoms with E-state index in [1.807, 2.05) is 0 Å². The number of carbonyl (C=O) groups excluding carboxylic acids is 1. The molecule has 0 unspecified atom stereocenters. The van der Waals surface area contributed by atoms with Gasteiger partial charge in [-0.3, -0.25) is 4.79 Å². The third-order valence-corrected chi connectivity index (χ3v) is 6.35. The molecule has 1 N–H and O–H groups in total. The molecule has 1 aliphatic rings. The predicted octanol–water partition coefficient (Wildman–Crippen LogP) is 2.72. The van der Waals surface area contributed by atoms with Gasteiger partial charge in [-0.15, -0.1) is 0 Å². The third kappa shape index (κ3) is 4.52. The molecular weight excluding hydrogens is 454 g/mol. The van der Waals surface area contributed by atoms with Gasteiger partial charge in [-0.25, -0.2) is 34.8 Å². The molecular formula is C18H14F6N2O4S. The number of sulfonamides is 1. The molecule has 1 fully saturated rings. The van der Waals surface area contributed by atoms with Crippen LogP contribution in [0.2, 0.25) is 0 Å². The molecule has 0 spiro atoms. The lowest BCUT2D eigenvalue weighted by molar-refractivity contribution is -0.115. The topological polar surface area (TPSA) is 75.7 Å². The van der Waals surface area contributed by atoms with Gasteiger partial charge in [0.2, 0.25) is 21.7 Å². The van der Waals surface area contributed by atoms with Crippen LogP contribution in [0.4, 0.5) is 32.0 Å². The Kier molecular flexibility index (Phi) is 6.57. The van der Waals surface area contributed by atoms with E-state index in [1.54, 1.807) is 0 Å². The monoisotopic (exact) mass is 468 g/mol. The van der Waals surface area contributed by atoms with Gasteiger partial charge in [0, 0.05) is 24.3 Å². The van der Waals surface area contributed by atoms with Crippen molar-refractivity contribution < 1.29 is 44.3 Å². The van der Waals surface area contributed by atoms with Crippen molar-refractivity contribution in [2.45, 2.75) is 11.3 Å². The maximum Gasteiger partial charge on any atom is 0.246 e. The minimum absolute atomic E-state index is 0.0153. The zero-order valence-electron chi connectivity index (χ0n) is 15.5. The van der Waals surface area contributed by atoms with Crippen molar-refractivity contribution in [3.8, 4) is 0 Å². The molecule has 1 amide bonds. The quantitative estimate of drug-likeness (QED) is 0.416. The molecule has 1 aliphatic heterocycles. The summed E-state index contributed by atoms with van der Waals surface area (Å²) in [7, 11) is -4.27. The van der Waals surface area contributed by atoms with E-state index < -0.39 is 67.7 Å². The highest BCUT2D eigenvalue weighted by molar-refractivity contribution is 7.89. The minimum atomic E-state index is -4.27. The highest BCUT2D eigenvalue weighted by Crippen LogP contribution is 2.26. The molecule has 1 saturated heterocycles. The van der Waals surface area contributed by atoms with Gasteiger partial charge in [0.15, 0.2) is 23.3 Å². The number of morpholine rings is 1. The molecule has 6 nitrogen and oxygen atoms in total. The third-order valence-electron chi connectivity index (χ3n) is 4.44. The Balaban J connectivity index is 1.85. The van der Waals surface area contributed by atoms with Crippen molar-refractivity contribution >= 4 is 21.6 Å². The van der Waals surface area contributed by atoms with Crippen LogP contribution < -0.4 is 5.32 Å². The first kappa shape index (κ1) is 23.0. The number of halogens is 6. The Labute approximate surface area is 172 Å². The minimum Gasteiger partial charge on any atom is -0.379 e. The van der Waals surface area contributed by atoms with Crippen molar-refractivity contribution in [1.29, 1.82) is 0 Å². The molecule has 0 aromatic heterocycles. The number of hydrogen-bond acceptors (Lipinski definition) is 4. The summed E-state index contributed by atoms with van der Waals surface area (Å²) >= 11 is 0. The molecule has 2 aromatic carbocycles. The number of hydrogen-bond donors (Lipinski definition) is 1. The van der Waals surface area contributed by atoms with Gasteiger partial charge in [0.1, 0.15) is 10.7 Å². The van der Waals surface area contributed by atoms with Gasteiger partial charge < -0.3 is 10.1 Å². The second kappa shape index (κ2) is 8.85. The van der Waals surface area contributed by atoms with Crippen LogP contribution in [0, 0.1) is 34.9 Å². The average molecular weight is 468 g/mol. The molecule has 0 atom stereocenters. The SMILES string of the molecule is O=C(Cc1c(F)c(F)c(F)c(F)c1F)Nc1ccc(F)c(S(=O)(=O)N2CCOCC2)c1. The van der Waals surface area contributed by atoms with E-state index in [4.69, 9.17) is 4.74 Å². The summed E-state index contributed by atoms with van der Waals surface area (Å²) in [5.74, 6) is -13.4. The van der Waals surface area contributed by atoms with Gasteiger partial charge in [0.05, 0.1) is 19.6 Å². The number of benzene rings is 2. The number of anilines is 1. The second-order valence-electron chi connectivity index (χ2n) is 6.44. The molecule has 0 aliphatic carbocycles. The predicted molar refractivity (Wildman–Crippen MR) is 94.5 cm³/mol. The molecule has 168 valence electrons. The van der Waals surface area contributed by atoms with Crippen LogP contribution in [-0.2, 0) is 26.0 Å². The number of amides is 1. The van der Waals surface area contributed by atoms with E-state index in [0.29, 0.717) is 0 Å². The van der Waals surface area contributed by atoms with Crippen LogP contribution >= 0.6 is 0 Å². The van der Waals surface area contributed by atoms with Crippen molar-refractivity contribution in [2.75, 3.05) is 31.6 Å². The lowest BCUT2D eigenvalue weighted by atomic mass is 10.1. The van der Waals surface area contributed by atoms with E-state index in [9.17, 15) is 39.6 Å². The molecule has 31 heavy (non-hydrogen) atoms. The van der Waals surface area contributed by atoms with Crippen LogP contribution in [0.5, 0.6) is 0 Å². The fourth-order valence-corrected chi connectivity index (χ4v) is 4.37. The number of carbonyl (C=O) groups is 1. The van der Waals surface area contributed by atoms with Crippen LogP contribution in [0.15, 0.2) is 23.1 Å². The molecule has 2 aromatic rings. The molecule has 0 saturated carbocycles. The van der Waals surface area contributed by atoms with Crippen molar-refractivity contribution in [2.24, 2.45) is 0 Å². The highest BCUT2D eigenvalue weighted by atomic mass is 32.2. The molecule has 0 radical (unpaired) electrons. The molecule has 3 rings (SSSR count). The highest BCUT2D eigenvalue weighted by Gasteiger charge is 2.30. The zero-order valence-corrected chi connectivity index (χ0v) is 16.3. The van der Waals surface area contributed by atoms with Gasteiger partial charge >= 0.3 is 0 Å². The van der Waals surface area contributed by atoms with Crippen molar-refractivity contribution in [3.05, 3.63) is 58.7 Å². The lowest BCUT2D eigenvalue weighted by Crippen LogP contribution is -2.40. The van der Waals surface area contributed by atoms with Crippen LogP contribution in [0.1, 0.15) is 5.56 Å². The molecule has 1 heterocycles. The summed E-state index contributed by atoms with van der Waals surface area (Å²) in [5.41, 5.74) is -1.63. The lowest BCUT2D eigenvalue weighted by Gasteiger charge is -2.26. The summed E-state index contributed by atoms with van der Waals surface area (Å²) in [4.78, 5) is 11.3. The van der Waals surface area contributed by atoms with Crippen LogP contribution in [-0.4, -0.2) is 44.9 Å². The zero-order chi connectivity index (χ0) is 22.9. The largest absolute Gasteiger partial charge is 0.379 e. The van der Waals surface area contributed by atoms with Crippen LogP contribution in [0.25, 0.3) is 0 Å². The summed E-state index contributed by atoms with van der Waals surface area (Å²) in [6.45, 7) is 0.190. The average Bonchev–Trinajstić information content (AvgIpc) is 2.75. The fraction of sp³-hybridized carbons (Fsp3) is 0.278. The maximum atomic E-state index is 14.2. The summed E-state index contributed by atoms with van der Waals surface area (Å²) < 4.78 is 113. The molecule has 0 bridgehead atoms. The van der Waals surface area contributed by atoms with Gasteiger partial charge in [-0.05, 0) is 18.2 Å². The van der Waals surface area contributed by atoms with Crippen LogP contribution in [0.3, 0.4) is 0 Å². The van der Waals surface area contributed by atoms with Gasteiger partial charge in [-0.1, -0.05) is 0 Å². The maximum absolute atomic E-state index is 14.2. The number of nitrogens with zero attached hydrogens (tertiary/aromatic N) is 1. The number of nitrogens with one attached hydrogen (secondary N) is 1. The van der Waals surface area contributed by atoms with Gasteiger partial charge in [0.25, 0.3) is 0 Å². The Bertz CT molecular complexity index is 1110. The Morgan fingerprint density at radius 3 is 2.06 bits per heavy atom. The van der Waals surface area contributed by atoms with E-state index in [1.165, 1.54) is 0 Å². The van der Waals surface area contributed by atoms with E-state index in [-0.39, 0.29) is 32.0 Å². The van der Waals surface area contributed by atoms with E-state index in [2.05, 4.69) is 5.32 Å². The standard InChI is InChI=1S/C18H14F6N2O4S/c19-11-2-1-9(7-12(11)31(28,29)26-3-5-30-6-4-26)25-13(27)8-10-14(20)16(22)18(24)17(23)15(10)21/h1-2,7H,3-6,8H2,(H,25,27). The summed E-state index contributed by atoms with van der Waals surface area (Å²) in [6.07, 6.45) is -1.24.